The van der Waals surface area contributed by atoms with E-state index >= 15 is 0 Å². The molecule has 5 rings (SSSR count). The number of aromatic hydroxyl groups is 1. The van der Waals surface area contributed by atoms with Gasteiger partial charge in [-0.25, -0.2) is 9.97 Å². The van der Waals surface area contributed by atoms with E-state index < -0.39 is 53.7 Å². The molecule has 2 heterocycles. The summed E-state index contributed by atoms with van der Waals surface area (Å²) in [5.74, 6) is -2.86. The number of aromatic nitrogens is 2. The lowest BCUT2D eigenvalue weighted by atomic mass is 9.93. The number of carbonyl (C=O) groups excluding carboxylic acids is 5. The fourth-order valence-electron chi connectivity index (χ4n) is 7.11. The van der Waals surface area contributed by atoms with Crippen LogP contribution in [0.15, 0.2) is 66.9 Å². The zero-order valence-electron chi connectivity index (χ0n) is 35.4. The van der Waals surface area contributed by atoms with Crippen molar-refractivity contribution in [2.24, 2.45) is 11.5 Å². The molecule has 5 amide bonds. The Labute approximate surface area is 360 Å². The second-order valence-corrected chi connectivity index (χ2v) is 15.1. The van der Waals surface area contributed by atoms with E-state index in [1.807, 2.05) is 30.3 Å². The molecule has 0 saturated heterocycles. The third kappa shape index (κ3) is 11.3. The predicted octanol–water partition coefficient (Wildman–Crippen LogP) is 2.34. The Bertz CT molecular complexity index is 2310. The molecule has 4 atom stereocenters. The van der Waals surface area contributed by atoms with Crippen LogP contribution < -0.4 is 37.5 Å². The molecule has 3 aromatic carbocycles. The Morgan fingerprint density at radius 1 is 1.03 bits per heavy atom. The van der Waals surface area contributed by atoms with Crippen molar-refractivity contribution in [2.45, 2.75) is 77.0 Å². The Morgan fingerprint density at radius 3 is 2.47 bits per heavy atom. The van der Waals surface area contributed by atoms with Gasteiger partial charge < -0.3 is 47.5 Å². The minimum atomic E-state index is -1.42. The monoisotopic (exact) mass is 846 g/mol. The van der Waals surface area contributed by atoms with Gasteiger partial charge in [-0.15, -0.1) is 0 Å². The van der Waals surface area contributed by atoms with Crippen molar-refractivity contribution in [3.8, 4) is 40.1 Å². The van der Waals surface area contributed by atoms with Gasteiger partial charge in [0.2, 0.25) is 23.6 Å². The molecule has 0 spiro atoms. The highest BCUT2D eigenvalue weighted by Crippen LogP contribution is 2.39. The van der Waals surface area contributed by atoms with Gasteiger partial charge in [-0.2, -0.15) is 5.26 Å². The summed E-state index contributed by atoms with van der Waals surface area (Å²) >= 11 is 0. The van der Waals surface area contributed by atoms with Gasteiger partial charge in [-0.05, 0) is 80.6 Å². The molecule has 4 aromatic rings. The van der Waals surface area contributed by atoms with Gasteiger partial charge in [-0.3, -0.25) is 24.0 Å². The number of hydrogen-bond donors (Lipinski definition) is 7. The topological polar surface area (TPSA) is 268 Å². The largest absolute Gasteiger partial charge is 0.507 e. The number of likely N-dealkylation sites (N-methyl/N-ethyl adjacent to an activating group) is 1. The lowest BCUT2D eigenvalue weighted by Gasteiger charge is -2.32. The van der Waals surface area contributed by atoms with E-state index in [0.717, 1.165) is 29.7 Å². The normalized spacial score (nSPS) is 16.7. The number of phenols is 1. The van der Waals surface area contributed by atoms with Gasteiger partial charge in [0.25, 0.3) is 5.91 Å². The highest BCUT2D eigenvalue weighted by atomic mass is 16.5. The second-order valence-electron chi connectivity index (χ2n) is 15.1. The summed E-state index contributed by atoms with van der Waals surface area (Å²) in [4.78, 5) is 79.7. The summed E-state index contributed by atoms with van der Waals surface area (Å²) in [5, 5.41) is 30.8. The average Bonchev–Trinajstić information content (AvgIpc) is 3.26. The molecular formula is C45H54N10O7. The first-order valence-electron chi connectivity index (χ1n) is 20.5. The minimum absolute atomic E-state index is 0.00252. The third-order valence-electron chi connectivity index (χ3n) is 10.5. The van der Waals surface area contributed by atoms with E-state index in [0.29, 0.717) is 28.4 Å². The van der Waals surface area contributed by atoms with Crippen LogP contribution in [0.25, 0.3) is 22.5 Å². The van der Waals surface area contributed by atoms with Crippen molar-refractivity contribution in [2.75, 3.05) is 33.3 Å². The first-order valence-corrected chi connectivity index (χ1v) is 20.5. The third-order valence-corrected chi connectivity index (χ3v) is 10.5. The summed E-state index contributed by atoms with van der Waals surface area (Å²) in [5.41, 5.74) is 15.7. The van der Waals surface area contributed by atoms with Crippen molar-refractivity contribution >= 4 is 29.5 Å². The number of carbonyl (C=O) groups is 5. The first-order chi connectivity index (χ1) is 29.8. The van der Waals surface area contributed by atoms with Crippen LogP contribution in [0.1, 0.15) is 71.9 Å². The number of aryl methyl sites for hydroxylation is 2. The van der Waals surface area contributed by atoms with Crippen LogP contribution in [-0.4, -0.2) is 101 Å². The van der Waals surface area contributed by atoms with Gasteiger partial charge in [0.15, 0.2) is 5.82 Å². The van der Waals surface area contributed by atoms with E-state index in [2.05, 4.69) is 38.2 Å². The number of nitrogens with two attached hydrogens (primary N) is 2. The van der Waals surface area contributed by atoms with Crippen LogP contribution in [-0.2, 0) is 32.0 Å². The molecule has 9 N–H and O–H groups in total. The fraction of sp³-hybridized carbons (Fsp3) is 0.378. The molecule has 0 fully saturated rings. The Kier molecular flexibility index (Phi) is 16.1. The van der Waals surface area contributed by atoms with Crippen LogP contribution in [0, 0.1) is 18.3 Å². The van der Waals surface area contributed by atoms with Gasteiger partial charge in [0, 0.05) is 42.9 Å². The number of benzene rings is 3. The number of fused-ring (bicyclic) bond motifs is 5. The second kappa shape index (κ2) is 21.6. The molecule has 1 aliphatic heterocycles. The maximum absolute atomic E-state index is 14.5. The highest BCUT2D eigenvalue weighted by molar-refractivity contribution is 6.00. The Morgan fingerprint density at radius 2 is 1.79 bits per heavy atom. The lowest BCUT2D eigenvalue weighted by Crippen LogP contribution is -2.56. The number of nitrogens with one attached hydrogen (secondary N) is 4. The first kappa shape index (κ1) is 46.2. The number of hydrogen-bond acceptors (Lipinski definition) is 12. The number of ether oxygens (including phenoxy) is 1. The number of rotatable bonds is 15. The van der Waals surface area contributed by atoms with Gasteiger partial charge in [0.1, 0.15) is 48.8 Å². The Hall–Kier alpha value is -6.90. The van der Waals surface area contributed by atoms with Crippen molar-refractivity contribution in [3.05, 3.63) is 94.8 Å². The van der Waals surface area contributed by atoms with Crippen LogP contribution >= 0.6 is 0 Å². The van der Waals surface area contributed by atoms with Crippen molar-refractivity contribution in [3.63, 3.8) is 0 Å². The van der Waals surface area contributed by atoms with Gasteiger partial charge >= 0.3 is 0 Å². The highest BCUT2D eigenvalue weighted by Gasteiger charge is 2.36. The van der Waals surface area contributed by atoms with Crippen LogP contribution in [0.5, 0.6) is 11.5 Å². The zero-order chi connectivity index (χ0) is 44.9. The molecule has 0 aliphatic carbocycles. The smallest absolute Gasteiger partial charge is 0.255 e. The number of nitrogens with zero attached hydrogens (tertiary/aromatic N) is 4. The summed E-state index contributed by atoms with van der Waals surface area (Å²) in [6.07, 6.45) is 4.52. The Balaban J connectivity index is 1.50. The number of nitriles is 1. The van der Waals surface area contributed by atoms with E-state index in [1.54, 1.807) is 37.3 Å². The van der Waals surface area contributed by atoms with Crippen LogP contribution in [0.4, 0.5) is 0 Å². The quantitative estimate of drug-likeness (QED) is 0.0851. The van der Waals surface area contributed by atoms with Crippen LogP contribution in [0.3, 0.4) is 0 Å². The maximum Gasteiger partial charge on any atom is 0.255 e. The number of phenolic OH excluding ortho intramolecular Hbond substituents is 1. The van der Waals surface area contributed by atoms with Crippen LogP contribution in [0.2, 0.25) is 0 Å². The molecule has 326 valence electrons. The molecule has 1 aromatic heterocycles. The van der Waals surface area contributed by atoms with Gasteiger partial charge in [0.05, 0.1) is 17.3 Å². The van der Waals surface area contributed by atoms with Crippen molar-refractivity contribution < 1.29 is 33.8 Å². The van der Waals surface area contributed by atoms with Gasteiger partial charge in [-0.1, -0.05) is 49.7 Å². The molecule has 4 bridgehead atoms. The number of amides is 5. The summed E-state index contributed by atoms with van der Waals surface area (Å²) in [6, 6.07) is 14.1. The molecule has 1 aliphatic rings. The van der Waals surface area contributed by atoms with E-state index in [4.69, 9.17) is 21.5 Å². The molecular weight excluding hydrogens is 793 g/mol. The standard InChI is InChI=1S/C45H54N10O7/c1-5-6-7-28-8-11-30(12-9-28)40-50-25-34(26(2)51-40)42(58)53-35(16-17-46)45(61)55(4)39-31-13-15-38(62-21-19-48)33(24-31)32-22-29(10-14-37(32)56)23-36(43(59)49-20-18-47)54-41(57)27(3)52-44(39)60/h8-15,22,24-25,27,35-36,39,56H,5-7,16-17,19-21,23,46,48H2,1-4H3,(H,49,59)(H,52,60)(H,53,58)(H,54,57)/t27-,35-,36-,39-/m0/s1. The molecule has 0 radical (unpaired) electrons. The van der Waals surface area contributed by atoms with E-state index in [1.165, 1.54) is 31.8 Å². The SMILES string of the molecule is CCCCc1ccc(-c2ncc(C(=O)N[C@@H](CCN)C(=O)N(C)[C@@H]3C(=O)N[C@@H](C)C(=O)N[C@H](C(=O)NCC#N)Cc4ccc(O)c(c4)-c4cc3ccc4OCCN)c(C)n2)cc1. The zero-order valence-corrected chi connectivity index (χ0v) is 35.4. The number of unbranched alkanes of at least 4 members (excludes halogenated alkanes) is 1. The minimum Gasteiger partial charge on any atom is -0.507 e. The molecule has 17 nitrogen and oxygen atoms in total. The van der Waals surface area contributed by atoms with Crippen molar-refractivity contribution in [1.82, 2.24) is 36.1 Å². The summed E-state index contributed by atoms with van der Waals surface area (Å²) in [6.45, 7) is 5.20. The molecule has 62 heavy (non-hydrogen) atoms. The molecule has 17 heteroatoms. The summed E-state index contributed by atoms with van der Waals surface area (Å²) < 4.78 is 5.97. The van der Waals surface area contributed by atoms with Crippen molar-refractivity contribution in [1.29, 1.82) is 5.26 Å². The average molecular weight is 847 g/mol. The lowest BCUT2D eigenvalue weighted by molar-refractivity contribution is -0.141. The molecule has 0 saturated carbocycles. The molecule has 0 unspecified atom stereocenters. The maximum atomic E-state index is 14.5. The predicted molar refractivity (Wildman–Crippen MR) is 231 cm³/mol. The summed E-state index contributed by atoms with van der Waals surface area (Å²) in [7, 11) is 1.39. The van der Waals surface area contributed by atoms with E-state index in [-0.39, 0.29) is 61.5 Å². The fourth-order valence-corrected chi connectivity index (χ4v) is 7.11. The van der Waals surface area contributed by atoms with E-state index in [9.17, 15) is 29.1 Å².